The molecular weight excluding hydrogens is 402 g/mol. The molecule has 11 nitrogen and oxygen atoms in total. The van der Waals surface area contributed by atoms with Crippen LogP contribution >= 0.6 is 0 Å². The Kier molecular flexibility index (Phi) is 11.3. The number of amides is 1. The molecule has 1 fully saturated rings. The van der Waals surface area contributed by atoms with Gasteiger partial charge in [-0.15, -0.1) is 0 Å². The van der Waals surface area contributed by atoms with Gasteiger partial charge < -0.3 is 33.7 Å². The fraction of sp³-hybridized carbons (Fsp3) is 0.789. The first-order chi connectivity index (χ1) is 14.1. The van der Waals surface area contributed by atoms with Crippen molar-refractivity contribution in [1.29, 1.82) is 0 Å². The van der Waals surface area contributed by atoms with Gasteiger partial charge in [0, 0.05) is 34.3 Å². The molecule has 1 aliphatic heterocycles. The number of hydrogen-bond donors (Lipinski definition) is 1. The van der Waals surface area contributed by atoms with Gasteiger partial charge >= 0.3 is 17.9 Å². The predicted octanol–water partition coefficient (Wildman–Crippen LogP) is 0.0857. The van der Waals surface area contributed by atoms with Gasteiger partial charge in [0.1, 0.15) is 18.8 Å². The van der Waals surface area contributed by atoms with Gasteiger partial charge in [-0.2, -0.15) is 0 Å². The van der Waals surface area contributed by atoms with Crippen LogP contribution in [-0.2, 0) is 47.6 Å². The first kappa shape index (κ1) is 25.8. The summed E-state index contributed by atoms with van der Waals surface area (Å²) >= 11 is 0. The second-order valence-corrected chi connectivity index (χ2v) is 6.70. The summed E-state index contributed by atoms with van der Waals surface area (Å²) in [5, 5.41) is 2.62. The first-order valence-electron chi connectivity index (χ1n) is 9.75. The minimum atomic E-state index is -1.14. The van der Waals surface area contributed by atoms with Crippen LogP contribution < -0.4 is 5.32 Å². The van der Waals surface area contributed by atoms with E-state index in [1.807, 2.05) is 6.92 Å². The molecule has 1 rings (SSSR count). The molecule has 172 valence electrons. The van der Waals surface area contributed by atoms with Crippen LogP contribution in [0.5, 0.6) is 0 Å². The molecule has 0 saturated carbocycles. The van der Waals surface area contributed by atoms with Crippen molar-refractivity contribution < 1.29 is 47.6 Å². The number of carbonyl (C=O) groups is 4. The van der Waals surface area contributed by atoms with Crippen LogP contribution in [0.3, 0.4) is 0 Å². The molecule has 0 radical (unpaired) electrons. The van der Waals surface area contributed by atoms with E-state index in [1.54, 1.807) is 0 Å². The second-order valence-electron chi connectivity index (χ2n) is 6.70. The summed E-state index contributed by atoms with van der Waals surface area (Å²) in [6, 6.07) is -0.976. The lowest BCUT2D eigenvalue weighted by Gasteiger charge is -2.44. The molecule has 0 aromatic carbocycles. The van der Waals surface area contributed by atoms with Crippen molar-refractivity contribution >= 4 is 23.8 Å². The molecule has 0 aliphatic carbocycles. The van der Waals surface area contributed by atoms with E-state index in [-0.39, 0.29) is 19.8 Å². The standard InChI is InChI=1S/C19H31NO10/c1-6-7-25-8-9-26-19-16(20-11(2)21)18(29-14(5)24)17(28-13(4)23)15(30-19)10-27-12(3)22/h15-19H,6-10H2,1-5H3,(H,20,21)/t15-,16-,17+,18-,19+/m0/s1. The summed E-state index contributed by atoms with van der Waals surface area (Å²) in [6.07, 6.45) is -3.49. The first-order valence-corrected chi connectivity index (χ1v) is 9.75. The SMILES string of the molecule is CCCOCCO[C@@H]1O[C@@H](COC(C)=O)[C@@H](OC(C)=O)[C@@H](OC(C)=O)[C@@H]1NC(C)=O. The van der Waals surface area contributed by atoms with E-state index in [2.05, 4.69) is 5.32 Å². The van der Waals surface area contributed by atoms with Crippen LogP contribution in [0.1, 0.15) is 41.0 Å². The van der Waals surface area contributed by atoms with Crippen molar-refractivity contribution in [1.82, 2.24) is 5.32 Å². The van der Waals surface area contributed by atoms with Gasteiger partial charge in [0.2, 0.25) is 5.91 Å². The summed E-state index contributed by atoms with van der Waals surface area (Å²) in [5.74, 6) is -2.33. The highest BCUT2D eigenvalue weighted by Crippen LogP contribution is 2.28. The van der Waals surface area contributed by atoms with Gasteiger partial charge in [-0.25, -0.2) is 0 Å². The summed E-state index contributed by atoms with van der Waals surface area (Å²) in [7, 11) is 0. The number of carbonyl (C=O) groups excluding carboxylic acids is 4. The maximum atomic E-state index is 11.8. The van der Waals surface area contributed by atoms with Crippen molar-refractivity contribution in [3.8, 4) is 0 Å². The van der Waals surface area contributed by atoms with E-state index in [1.165, 1.54) is 27.7 Å². The second kappa shape index (κ2) is 13.1. The Morgan fingerprint density at radius 1 is 0.867 bits per heavy atom. The third-order valence-corrected chi connectivity index (χ3v) is 3.93. The van der Waals surface area contributed by atoms with Crippen LogP contribution in [0, 0.1) is 0 Å². The molecule has 30 heavy (non-hydrogen) atoms. The predicted molar refractivity (Wildman–Crippen MR) is 101 cm³/mol. The molecule has 1 saturated heterocycles. The molecule has 1 N–H and O–H groups in total. The molecule has 11 heteroatoms. The van der Waals surface area contributed by atoms with Gasteiger partial charge in [-0.3, -0.25) is 19.2 Å². The smallest absolute Gasteiger partial charge is 0.303 e. The number of ether oxygens (including phenoxy) is 6. The highest BCUT2D eigenvalue weighted by molar-refractivity contribution is 5.73. The largest absolute Gasteiger partial charge is 0.463 e. The maximum absolute atomic E-state index is 11.8. The van der Waals surface area contributed by atoms with Crippen LogP contribution in [0.2, 0.25) is 0 Å². The van der Waals surface area contributed by atoms with E-state index in [4.69, 9.17) is 28.4 Å². The third-order valence-electron chi connectivity index (χ3n) is 3.93. The minimum Gasteiger partial charge on any atom is -0.463 e. The summed E-state index contributed by atoms with van der Waals surface area (Å²) in [4.78, 5) is 46.4. The van der Waals surface area contributed by atoms with Gasteiger partial charge in [-0.1, -0.05) is 6.92 Å². The van der Waals surface area contributed by atoms with Crippen molar-refractivity contribution in [2.45, 2.75) is 71.7 Å². The number of esters is 3. The van der Waals surface area contributed by atoms with E-state index in [9.17, 15) is 19.2 Å². The molecule has 5 atom stereocenters. The monoisotopic (exact) mass is 433 g/mol. The Bertz CT molecular complexity index is 596. The molecule has 0 unspecified atom stereocenters. The average Bonchev–Trinajstić information content (AvgIpc) is 2.63. The molecule has 1 heterocycles. The summed E-state index contributed by atoms with van der Waals surface area (Å²) in [5.41, 5.74) is 0. The van der Waals surface area contributed by atoms with E-state index in [0.717, 1.165) is 6.42 Å². The molecule has 0 spiro atoms. The van der Waals surface area contributed by atoms with Crippen LogP contribution in [0.25, 0.3) is 0 Å². The lowest BCUT2D eigenvalue weighted by molar-refractivity contribution is -0.279. The Labute approximate surface area is 175 Å². The number of nitrogens with one attached hydrogen (secondary N) is 1. The average molecular weight is 433 g/mol. The summed E-state index contributed by atoms with van der Waals surface area (Å²) < 4.78 is 32.6. The zero-order valence-corrected chi connectivity index (χ0v) is 18.0. The molecular formula is C19H31NO10. The quantitative estimate of drug-likeness (QED) is 0.271. The zero-order chi connectivity index (χ0) is 22.7. The highest BCUT2D eigenvalue weighted by Gasteiger charge is 2.51. The number of hydrogen-bond acceptors (Lipinski definition) is 10. The minimum absolute atomic E-state index is 0.131. The fourth-order valence-corrected chi connectivity index (χ4v) is 2.90. The number of rotatable bonds is 11. The summed E-state index contributed by atoms with van der Waals surface area (Å²) in [6.45, 7) is 7.51. The Morgan fingerprint density at radius 3 is 2.03 bits per heavy atom. The molecule has 0 aromatic heterocycles. The van der Waals surface area contributed by atoms with Gasteiger partial charge in [0.15, 0.2) is 18.5 Å². The third kappa shape index (κ3) is 9.06. The van der Waals surface area contributed by atoms with Gasteiger partial charge in [0.25, 0.3) is 0 Å². The van der Waals surface area contributed by atoms with Crippen molar-refractivity contribution in [3.63, 3.8) is 0 Å². The van der Waals surface area contributed by atoms with E-state index < -0.39 is 54.5 Å². The molecule has 1 amide bonds. The molecule has 1 aliphatic rings. The van der Waals surface area contributed by atoms with Crippen LogP contribution in [-0.4, -0.2) is 80.9 Å². The van der Waals surface area contributed by atoms with Gasteiger partial charge in [0.05, 0.1) is 13.2 Å². The Balaban J connectivity index is 3.13. The zero-order valence-electron chi connectivity index (χ0n) is 18.0. The van der Waals surface area contributed by atoms with Crippen molar-refractivity contribution in [2.24, 2.45) is 0 Å². The Hall–Kier alpha value is -2.24. The van der Waals surface area contributed by atoms with E-state index in [0.29, 0.717) is 6.61 Å². The van der Waals surface area contributed by atoms with E-state index >= 15 is 0 Å². The lowest BCUT2D eigenvalue weighted by atomic mass is 9.96. The lowest BCUT2D eigenvalue weighted by Crippen LogP contribution is -2.66. The van der Waals surface area contributed by atoms with Crippen LogP contribution in [0.4, 0.5) is 0 Å². The normalized spacial score (nSPS) is 25.8. The topological polar surface area (TPSA) is 136 Å². The molecule has 0 bridgehead atoms. The van der Waals surface area contributed by atoms with Gasteiger partial charge in [-0.05, 0) is 6.42 Å². The highest BCUT2D eigenvalue weighted by atomic mass is 16.7. The van der Waals surface area contributed by atoms with Crippen LogP contribution in [0.15, 0.2) is 0 Å². The Morgan fingerprint density at radius 2 is 1.50 bits per heavy atom. The maximum Gasteiger partial charge on any atom is 0.303 e. The van der Waals surface area contributed by atoms with Crippen molar-refractivity contribution in [2.75, 3.05) is 26.4 Å². The van der Waals surface area contributed by atoms with Crippen molar-refractivity contribution in [3.05, 3.63) is 0 Å². The fourth-order valence-electron chi connectivity index (χ4n) is 2.90. The molecule has 0 aromatic rings.